The number of aromatic nitrogens is 2. The SMILES string of the molecule is CCC(C)n1cnc(CCC(=O)O)c1. The zero-order valence-electron chi connectivity index (χ0n) is 8.60. The van der Waals surface area contributed by atoms with Gasteiger partial charge in [-0.2, -0.15) is 0 Å². The van der Waals surface area contributed by atoms with E-state index in [1.807, 2.05) is 10.8 Å². The van der Waals surface area contributed by atoms with E-state index < -0.39 is 5.97 Å². The molecule has 1 aromatic rings. The Hall–Kier alpha value is -1.32. The topological polar surface area (TPSA) is 55.1 Å². The summed E-state index contributed by atoms with van der Waals surface area (Å²) >= 11 is 0. The Morgan fingerprint density at radius 2 is 2.43 bits per heavy atom. The predicted octanol–water partition coefficient (Wildman–Crippen LogP) is 1.87. The summed E-state index contributed by atoms with van der Waals surface area (Å²) in [4.78, 5) is 14.5. The Labute approximate surface area is 83.6 Å². The summed E-state index contributed by atoms with van der Waals surface area (Å²) in [6, 6.07) is 0.432. The number of imidazole rings is 1. The maximum absolute atomic E-state index is 10.3. The molecular weight excluding hydrogens is 180 g/mol. The summed E-state index contributed by atoms with van der Waals surface area (Å²) in [5.41, 5.74) is 0.854. The lowest BCUT2D eigenvalue weighted by Crippen LogP contribution is -2.00. The van der Waals surface area contributed by atoms with Crippen molar-refractivity contribution in [2.75, 3.05) is 0 Å². The van der Waals surface area contributed by atoms with E-state index in [1.54, 1.807) is 6.33 Å². The minimum absolute atomic E-state index is 0.150. The fraction of sp³-hybridized carbons (Fsp3) is 0.600. The van der Waals surface area contributed by atoms with Crippen LogP contribution in [0.25, 0.3) is 0 Å². The number of aliphatic carboxylic acids is 1. The van der Waals surface area contributed by atoms with Gasteiger partial charge in [0.2, 0.25) is 0 Å². The molecule has 0 saturated carbocycles. The van der Waals surface area contributed by atoms with Gasteiger partial charge in [0.15, 0.2) is 0 Å². The quantitative estimate of drug-likeness (QED) is 0.782. The molecule has 0 fully saturated rings. The first-order chi connectivity index (χ1) is 6.63. The van der Waals surface area contributed by atoms with Gasteiger partial charge in [0.1, 0.15) is 0 Å². The van der Waals surface area contributed by atoms with Crippen molar-refractivity contribution in [3.63, 3.8) is 0 Å². The van der Waals surface area contributed by atoms with Crippen molar-refractivity contribution in [1.82, 2.24) is 9.55 Å². The highest BCUT2D eigenvalue weighted by atomic mass is 16.4. The van der Waals surface area contributed by atoms with Crippen molar-refractivity contribution in [2.24, 2.45) is 0 Å². The van der Waals surface area contributed by atoms with E-state index in [4.69, 9.17) is 5.11 Å². The maximum atomic E-state index is 10.3. The van der Waals surface area contributed by atoms with Crippen LogP contribution in [0.5, 0.6) is 0 Å². The Morgan fingerprint density at radius 1 is 1.71 bits per heavy atom. The van der Waals surface area contributed by atoms with E-state index >= 15 is 0 Å². The first-order valence-electron chi connectivity index (χ1n) is 4.87. The monoisotopic (exact) mass is 196 g/mol. The predicted molar refractivity (Wildman–Crippen MR) is 53.2 cm³/mol. The van der Waals surface area contributed by atoms with Crippen molar-refractivity contribution < 1.29 is 9.90 Å². The van der Waals surface area contributed by atoms with E-state index in [0.29, 0.717) is 12.5 Å². The normalized spacial score (nSPS) is 12.7. The van der Waals surface area contributed by atoms with Crippen molar-refractivity contribution in [2.45, 2.75) is 39.2 Å². The molecule has 0 aliphatic heterocycles. The van der Waals surface area contributed by atoms with Crippen LogP contribution in [0.3, 0.4) is 0 Å². The number of hydrogen-bond donors (Lipinski definition) is 1. The van der Waals surface area contributed by atoms with E-state index in [9.17, 15) is 4.79 Å². The highest BCUT2D eigenvalue weighted by Gasteiger charge is 2.05. The molecule has 4 nitrogen and oxygen atoms in total. The summed E-state index contributed by atoms with van der Waals surface area (Å²) in [5, 5.41) is 8.50. The van der Waals surface area contributed by atoms with E-state index in [-0.39, 0.29) is 6.42 Å². The van der Waals surface area contributed by atoms with Gasteiger partial charge >= 0.3 is 5.97 Å². The van der Waals surface area contributed by atoms with Crippen molar-refractivity contribution in [1.29, 1.82) is 0 Å². The Bertz CT molecular complexity index is 307. The zero-order valence-corrected chi connectivity index (χ0v) is 8.60. The molecule has 1 rings (SSSR count). The molecule has 1 N–H and O–H groups in total. The zero-order chi connectivity index (χ0) is 10.6. The van der Waals surface area contributed by atoms with Crippen molar-refractivity contribution in [3.05, 3.63) is 18.2 Å². The van der Waals surface area contributed by atoms with E-state index in [2.05, 4.69) is 18.8 Å². The second-order valence-corrected chi connectivity index (χ2v) is 3.46. The highest BCUT2D eigenvalue weighted by molar-refractivity contribution is 5.66. The standard InChI is InChI=1S/C10H16N2O2/c1-3-8(2)12-6-9(11-7-12)4-5-10(13)14/h6-8H,3-5H2,1-2H3,(H,13,14). The van der Waals surface area contributed by atoms with Gasteiger partial charge in [0.25, 0.3) is 0 Å². The molecule has 1 aromatic heterocycles. The molecule has 0 aliphatic rings. The molecule has 1 heterocycles. The molecule has 0 radical (unpaired) electrons. The lowest BCUT2D eigenvalue weighted by molar-refractivity contribution is -0.136. The molecule has 1 atom stereocenters. The van der Waals surface area contributed by atoms with Crippen LogP contribution in [0.2, 0.25) is 0 Å². The molecule has 0 aliphatic carbocycles. The maximum Gasteiger partial charge on any atom is 0.303 e. The first-order valence-corrected chi connectivity index (χ1v) is 4.87. The summed E-state index contributed by atoms with van der Waals surface area (Å²) in [6.45, 7) is 4.23. The van der Waals surface area contributed by atoms with Crippen LogP contribution in [0, 0.1) is 0 Å². The molecule has 0 aromatic carbocycles. The highest BCUT2D eigenvalue weighted by Crippen LogP contribution is 2.11. The number of carbonyl (C=O) groups is 1. The van der Waals surface area contributed by atoms with Crippen LogP contribution >= 0.6 is 0 Å². The van der Waals surface area contributed by atoms with Crippen LogP contribution in [0.4, 0.5) is 0 Å². The van der Waals surface area contributed by atoms with Crippen molar-refractivity contribution in [3.8, 4) is 0 Å². The minimum atomic E-state index is -0.775. The lowest BCUT2D eigenvalue weighted by atomic mass is 10.2. The molecule has 0 bridgehead atoms. The van der Waals surface area contributed by atoms with Gasteiger partial charge in [-0.15, -0.1) is 0 Å². The van der Waals surface area contributed by atoms with Crippen LogP contribution in [0.15, 0.2) is 12.5 Å². The minimum Gasteiger partial charge on any atom is -0.481 e. The number of carboxylic acid groups (broad SMARTS) is 1. The number of nitrogens with zero attached hydrogens (tertiary/aromatic N) is 2. The fourth-order valence-electron chi connectivity index (χ4n) is 1.20. The van der Waals surface area contributed by atoms with Gasteiger partial charge in [0, 0.05) is 18.7 Å². The molecular formula is C10H16N2O2. The summed E-state index contributed by atoms with van der Waals surface area (Å²) < 4.78 is 2.02. The van der Waals surface area contributed by atoms with E-state index in [1.165, 1.54) is 0 Å². The smallest absolute Gasteiger partial charge is 0.303 e. The molecule has 0 spiro atoms. The summed E-state index contributed by atoms with van der Waals surface area (Å²) in [5.74, 6) is -0.775. The van der Waals surface area contributed by atoms with Gasteiger partial charge in [-0.1, -0.05) is 6.92 Å². The Balaban J connectivity index is 2.54. The van der Waals surface area contributed by atoms with Gasteiger partial charge < -0.3 is 9.67 Å². The van der Waals surface area contributed by atoms with Gasteiger partial charge in [0.05, 0.1) is 18.4 Å². The largest absolute Gasteiger partial charge is 0.481 e. The fourth-order valence-corrected chi connectivity index (χ4v) is 1.20. The molecule has 0 saturated heterocycles. The van der Waals surface area contributed by atoms with Crippen molar-refractivity contribution >= 4 is 5.97 Å². The van der Waals surface area contributed by atoms with Crippen LogP contribution < -0.4 is 0 Å². The average Bonchev–Trinajstić information content (AvgIpc) is 2.62. The third-order valence-electron chi connectivity index (χ3n) is 2.35. The second kappa shape index (κ2) is 4.79. The average molecular weight is 196 g/mol. The Morgan fingerprint density at radius 3 is 3.00 bits per heavy atom. The van der Waals surface area contributed by atoms with Gasteiger partial charge in [-0.25, -0.2) is 4.98 Å². The number of aryl methyl sites for hydroxylation is 1. The number of rotatable bonds is 5. The lowest BCUT2D eigenvalue weighted by Gasteiger charge is -2.08. The third kappa shape index (κ3) is 2.87. The van der Waals surface area contributed by atoms with Gasteiger partial charge in [-0.05, 0) is 13.3 Å². The molecule has 4 heteroatoms. The second-order valence-electron chi connectivity index (χ2n) is 3.46. The van der Waals surface area contributed by atoms with Gasteiger partial charge in [-0.3, -0.25) is 4.79 Å². The molecule has 78 valence electrons. The number of hydrogen-bond acceptors (Lipinski definition) is 2. The van der Waals surface area contributed by atoms with Crippen LogP contribution in [-0.2, 0) is 11.2 Å². The molecule has 14 heavy (non-hydrogen) atoms. The number of carboxylic acids is 1. The Kier molecular flexibility index (Phi) is 3.68. The summed E-state index contributed by atoms with van der Waals surface area (Å²) in [7, 11) is 0. The van der Waals surface area contributed by atoms with Crippen LogP contribution in [-0.4, -0.2) is 20.6 Å². The molecule has 0 amide bonds. The molecule has 1 unspecified atom stereocenters. The third-order valence-corrected chi connectivity index (χ3v) is 2.35. The first kappa shape index (κ1) is 10.8. The summed E-state index contributed by atoms with van der Waals surface area (Å²) in [6.07, 6.45) is 5.41. The van der Waals surface area contributed by atoms with E-state index in [0.717, 1.165) is 12.1 Å². The van der Waals surface area contributed by atoms with Crippen LogP contribution in [0.1, 0.15) is 38.4 Å².